The maximum atomic E-state index is 11.8. The number of amides is 1. The van der Waals surface area contributed by atoms with Crippen LogP contribution in [0.25, 0.3) is 0 Å². The molecule has 0 bridgehead atoms. The van der Waals surface area contributed by atoms with Gasteiger partial charge in [-0.1, -0.05) is 43.5 Å². The van der Waals surface area contributed by atoms with Gasteiger partial charge in [0.05, 0.1) is 0 Å². The molecule has 1 amide bonds. The van der Waals surface area contributed by atoms with Crippen LogP contribution in [0.2, 0.25) is 5.02 Å². The van der Waals surface area contributed by atoms with Gasteiger partial charge in [0.15, 0.2) is 0 Å². The highest BCUT2D eigenvalue weighted by Crippen LogP contribution is 2.16. The van der Waals surface area contributed by atoms with Crippen LogP contribution in [-0.4, -0.2) is 19.0 Å². The summed E-state index contributed by atoms with van der Waals surface area (Å²) in [7, 11) is 0. The highest BCUT2D eigenvalue weighted by molar-refractivity contribution is 6.30. The zero-order valence-electron chi connectivity index (χ0n) is 12.9. The molecule has 0 saturated heterocycles. The fraction of sp³-hybridized carbons (Fsp3) is 0.588. The monoisotopic (exact) mass is 310 g/mol. The van der Waals surface area contributed by atoms with Gasteiger partial charge < -0.3 is 11.1 Å². The van der Waals surface area contributed by atoms with Crippen LogP contribution in [0.5, 0.6) is 0 Å². The van der Waals surface area contributed by atoms with Gasteiger partial charge in [-0.3, -0.25) is 4.79 Å². The summed E-state index contributed by atoms with van der Waals surface area (Å²) in [5, 5.41) is 3.72. The minimum absolute atomic E-state index is 0.134. The number of rotatable bonds is 10. The lowest BCUT2D eigenvalue weighted by Gasteiger charge is -2.14. The van der Waals surface area contributed by atoms with Crippen LogP contribution in [0.15, 0.2) is 24.3 Å². The Balaban J connectivity index is 2.21. The zero-order chi connectivity index (χ0) is 15.5. The lowest BCUT2D eigenvalue weighted by atomic mass is 9.94. The number of carbonyl (C=O) groups excluding carboxylic acids is 1. The van der Waals surface area contributed by atoms with Gasteiger partial charge in [-0.15, -0.1) is 0 Å². The van der Waals surface area contributed by atoms with Crippen molar-refractivity contribution in [3.63, 3.8) is 0 Å². The molecule has 21 heavy (non-hydrogen) atoms. The summed E-state index contributed by atoms with van der Waals surface area (Å²) in [5.41, 5.74) is 6.76. The summed E-state index contributed by atoms with van der Waals surface area (Å²) in [5.74, 6) is 0.717. The summed E-state index contributed by atoms with van der Waals surface area (Å²) < 4.78 is 0. The molecule has 1 aromatic rings. The number of nitrogens with two attached hydrogens (primary N) is 1. The summed E-state index contributed by atoms with van der Waals surface area (Å²) in [4.78, 5) is 11.8. The Morgan fingerprint density at radius 2 is 2.14 bits per heavy atom. The molecule has 0 aromatic heterocycles. The molecule has 3 nitrogen and oxygen atoms in total. The summed E-state index contributed by atoms with van der Waals surface area (Å²) in [6.07, 6.45) is 5.68. The SMILES string of the molecule is CCCC(CCN)CCC(=O)NCCc1cccc(Cl)c1. The molecule has 0 aliphatic carbocycles. The lowest BCUT2D eigenvalue weighted by Crippen LogP contribution is -2.26. The van der Waals surface area contributed by atoms with Crippen LogP contribution >= 0.6 is 11.6 Å². The Labute approximate surface area is 133 Å². The first-order chi connectivity index (χ1) is 10.2. The van der Waals surface area contributed by atoms with Crippen LogP contribution in [0, 0.1) is 5.92 Å². The first-order valence-corrected chi connectivity index (χ1v) is 8.24. The molecule has 1 atom stereocenters. The van der Waals surface area contributed by atoms with Crippen molar-refractivity contribution in [2.75, 3.05) is 13.1 Å². The molecule has 0 aliphatic heterocycles. The van der Waals surface area contributed by atoms with Crippen LogP contribution in [0.3, 0.4) is 0 Å². The van der Waals surface area contributed by atoms with E-state index in [0.29, 0.717) is 25.4 Å². The van der Waals surface area contributed by atoms with Gasteiger partial charge in [-0.05, 0) is 49.4 Å². The second-order valence-corrected chi connectivity index (χ2v) is 5.94. The summed E-state index contributed by atoms with van der Waals surface area (Å²) >= 11 is 5.93. The highest BCUT2D eigenvalue weighted by Gasteiger charge is 2.09. The zero-order valence-corrected chi connectivity index (χ0v) is 13.7. The van der Waals surface area contributed by atoms with Gasteiger partial charge in [-0.2, -0.15) is 0 Å². The quantitative estimate of drug-likeness (QED) is 0.694. The standard InChI is InChI=1S/C17H27ClN2O/c1-2-4-14(9-11-19)7-8-17(21)20-12-10-15-5-3-6-16(18)13-15/h3,5-6,13-14H,2,4,7-12,19H2,1H3,(H,20,21). The maximum Gasteiger partial charge on any atom is 0.220 e. The number of nitrogens with one attached hydrogen (secondary N) is 1. The number of hydrogen-bond acceptors (Lipinski definition) is 2. The molecule has 1 unspecified atom stereocenters. The number of carbonyl (C=O) groups is 1. The van der Waals surface area contributed by atoms with E-state index in [1.54, 1.807) is 0 Å². The van der Waals surface area contributed by atoms with Crippen LogP contribution in [-0.2, 0) is 11.2 Å². The van der Waals surface area contributed by atoms with E-state index in [9.17, 15) is 4.79 Å². The average molecular weight is 311 g/mol. The van der Waals surface area contributed by atoms with Gasteiger partial charge in [0, 0.05) is 18.0 Å². The van der Waals surface area contributed by atoms with Crippen LogP contribution in [0.1, 0.15) is 44.6 Å². The molecule has 4 heteroatoms. The van der Waals surface area contributed by atoms with Crippen molar-refractivity contribution in [3.05, 3.63) is 34.9 Å². The lowest BCUT2D eigenvalue weighted by molar-refractivity contribution is -0.121. The molecule has 0 fully saturated rings. The summed E-state index contributed by atoms with van der Waals surface area (Å²) in [6.45, 7) is 3.55. The second kappa shape index (κ2) is 10.6. The van der Waals surface area contributed by atoms with E-state index in [0.717, 1.165) is 42.7 Å². The fourth-order valence-electron chi connectivity index (χ4n) is 2.54. The van der Waals surface area contributed by atoms with Crippen molar-refractivity contribution < 1.29 is 4.79 Å². The third kappa shape index (κ3) is 8.08. The molecule has 3 N–H and O–H groups in total. The Morgan fingerprint density at radius 1 is 1.33 bits per heavy atom. The number of benzene rings is 1. The molecule has 0 heterocycles. The molecule has 1 aromatic carbocycles. The van der Waals surface area contributed by atoms with E-state index in [4.69, 9.17) is 17.3 Å². The normalized spacial score (nSPS) is 12.1. The van der Waals surface area contributed by atoms with Gasteiger partial charge in [0.25, 0.3) is 0 Å². The molecule has 0 aliphatic rings. The predicted molar refractivity (Wildman–Crippen MR) is 89.5 cm³/mol. The van der Waals surface area contributed by atoms with E-state index in [1.165, 1.54) is 0 Å². The topological polar surface area (TPSA) is 55.1 Å². The van der Waals surface area contributed by atoms with Crippen molar-refractivity contribution in [1.29, 1.82) is 0 Å². The highest BCUT2D eigenvalue weighted by atomic mass is 35.5. The van der Waals surface area contributed by atoms with Crippen molar-refractivity contribution in [2.45, 2.75) is 45.4 Å². The van der Waals surface area contributed by atoms with E-state index < -0.39 is 0 Å². The Kier molecular flexibility index (Phi) is 9.11. The van der Waals surface area contributed by atoms with Crippen molar-refractivity contribution in [3.8, 4) is 0 Å². The van der Waals surface area contributed by atoms with E-state index in [2.05, 4.69) is 12.2 Å². The maximum absolute atomic E-state index is 11.8. The first kappa shape index (κ1) is 18.0. The van der Waals surface area contributed by atoms with E-state index in [1.807, 2.05) is 24.3 Å². The van der Waals surface area contributed by atoms with Crippen molar-refractivity contribution in [2.24, 2.45) is 11.7 Å². The molecule has 1 rings (SSSR count). The second-order valence-electron chi connectivity index (χ2n) is 5.50. The largest absolute Gasteiger partial charge is 0.356 e. The average Bonchev–Trinajstić information content (AvgIpc) is 2.45. The van der Waals surface area contributed by atoms with Gasteiger partial charge in [0.2, 0.25) is 5.91 Å². The summed E-state index contributed by atoms with van der Waals surface area (Å²) in [6, 6.07) is 7.75. The molecular formula is C17H27ClN2O. The molecule has 0 saturated carbocycles. The van der Waals surface area contributed by atoms with Gasteiger partial charge >= 0.3 is 0 Å². The van der Waals surface area contributed by atoms with E-state index in [-0.39, 0.29) is 5.91 Å². The predicted octanol–water partition coefficient (Wildman–Crippen LogP) is 3.54. The molecular weight excluding hydrogens is 284 g/mol. The van der Waals surface area contributed by atoms with Crippen molar-refractivity contribution in [1.82, 2.24) is 5.32 Å². The van der Waals surface area contributed by atoms with Gasteiger partial charge in [0.1, 0.15) is 0 Å². The minimum Gasteiger partial charge on any atom is -0.356 e. The molecule has 0 radical (unpaired) electrons. The van der Waals surface area contributed by atoms with E-state index >= 15 is 0 Å². The fourth-order valence-corrected chi connectivity index (χ4v) is 2.75. The smallest absolute Gasteiger partial charge is 0.220 e. The van der Waals surface area contributed by atoms with Crippen molar-refractivity contribution >= 4 is 17.5 Å². The minimum atomic E-state index is 0.134. The number of halogens is 1. The Hall–Kier alpha value is -1.06. The first-order valence-electron chi connectivity index (χ1n) is 7.87. The third-order valence-electron chi connectivity index (χ3n) is 3.68. The Morgan fingerprint density at radius 3 is 2.81 bits per heavy atom. The van der Waals surface area contributed by atoms with Gasteiger partial charge in [-0.25, -0.2) is 0 Å². The van der Waals surface area contributed by atoms with Crippen LogP contribution < -0.4 is 11.1 Å². The molecule has 118 valence electrons. The molecule has 0 spiro atoms. The number of hydrogen-bond donors (Lipinski definition) is 2. The third-order valence-corrected chi connectivity index (χ3v) is 3.91. The Bertz CT molecular complexity index is 417. The van der Waals surface area contributed by atoms with Crippen LogP contribution in [0.4, 0.5) is 0 Å².